The molecule has 1 N–H and O–H groups in total. The number of aliphatic hydroxyl groups excluding tert-OH is 1. The predicted octanol–water partition coefficient (Wildman–Crippen LogP) is 0.908. The highest BCUT2D eigenvalue weighted by atomic mass is 16.5. The monoisotopic (exact) mass is 351 g/mol. The average Bonchev–Trinajstić information content (AvgIpc) is 2.82. The van der Waals surface area contributed by atoms with E-state index in [9.17, 15) is 9.90 Å². The maximum atomic E-state index is 12.6. The molecule has 2 aliphatic heterocycles. The molecule has 25 heavy (non-hydrogen) atoms. The number of hydrogen-bond acceptors (Lipinski definition) is 6. The Balaban J connectivity index is 1.53. The van der Waals surface area contributed by atoms with Crippen molar-refractivity contribution >= 4 is 5.91 Å². The summed E-state index contributed by atoms with van der Waals surface area (Å²) < 4.78 is 10.6. The van der Waals surface area contributed by atoms with Crippen LogP contribution < -0.4 is 0 Å². The highest BCUT2D eigenvalue weighted by Crippen LogP contribution is 2.20. The van der Waals surface area contributed by atoms with Gasteiger partial charge in [0.1, 0.15) is 5.76 Å². The summed E-state index contributed by atoms with van der Waals surface area (Å²) in [4.78, 5) is 16.8. The summed E-state index contributed by atoms with van der Waals surface area (Å²) in [6.45, 7) is 8.30. The number of aryl methyl sites for hydroxylation is 2. The van der Waals surface area contributed by atoms with Crippen LogP contribution in [0.4, 0.5) is 0 Å². The molecule has 1 aromatic heterocycles. The van der Waals surface area contributed by atoms with E-state index in [1.54, 1.807) is 0 Å². The standard InChI is InChI=1S/C18H29N3O4/c1-13-15(14(2)25-19-13)3-4-18(23)21-7-5-16(17(22)6-8-21)20-9-11-24-12-10-20/h16-17,22H,3-12H2,1-2H3/t16-,17-/m0/s1. The van der Waals surface area contributed by atoms with Crippen molar-refractivity contribution in [1.29, 1.82) is 0 Å². The number of morpholine rings is 1. The van der Waals surface area contributed by atoms with Crippen LogP contribution in [0, 0.1) is 13.8 Å². The van der Waals surface area contributed by atoms with E-state index in [0.717, 1.165) is 49.7 Å². The number of amides is 1. The third kappa shape index (κ3) is 4.40. The molecule has 0 bridgehead atoms. The first-order valence-electron chi connectivity index (χ1n) is 9.25. The van der Waals surface area contributed by atoms with Crippen molar-refractivity contribution in [3.63, 3.8) is 0 Å². The Morgan fingerprint density at radius 1 is 1.20 bits per heavy atom. The van der Waals surface area contributed by atoms with Crippen LogP contribution in [0.25, 0.3) is 0 Å². The molecule has 2 atom stereocenters. The molecule has 1 aromatic rings. The zero-order valence-electron chi connectivity index (χ0n) is 15.2. The Bertz CT molecular complexity index is 563. The number of carbonyl (C=O) groups is 1. The molecule has 2 fully saturated rings. The Kier molecular flexibility index (Phi) is 6.09. The lowest BCUT2D eigenvalue weighted by atomic mass is 10.0. The molecule has 0 spiro atoms. The number of hydrogen-bond donors (Lipinski definition) is 1. The van der Waals surface area contributed by atoms with Gasteiger partial charge in [0.2, 0.25) is 5.91 Å². The quantitative estimate of drug-likeness (QED) is 0.869. The van der Waals surface area contributed by atoms with E-state index in [-0.39, 0.29) is 18.1 Å². The van der Waals surface area contributed by atoms with Crippen LogP contribution in [-0.4, -0.2) is 77.5 Å². The minimum Gasteiger partial charge on any atom is -0.391 e. The van der Waals surface area contributed by atoms with Gasteiger partial charge in [0.15, 0.2) is 0 Å². The molecule has 2 saturated heterocycles. The summed E-state index contributed by atoms with van der Waals surface area (Å²) in [6.07, 6.45) is 2.20. The largest absolute Gasteiger partial charge is 0.391 e. The molecular weight excluding hydrogens is 322 g/mol. The second-order valence-corrected chi connectivity index (χ2v) is 7.04. The molecule has 7 nitrogen and oxygen atoms in total. The van der Waals surface area contributed by atoms with Crippen LogP contribution >= 0.6 is 0 Å². The maximum Gasteiger partial charge on any atom is 0.222 e. The van der Waals surface area contributed by atoms with Crippen molar-refractivity contribution in [2.24, 2.45) is 0 Å². The summed E-state index contributed by atoms with van der Waals surface area (Å²) >= 11 is 0. The van der Waals surface area contributed by atoms with Crippen LogP contribution in [0.5, 0.6) is 0 Å². The van der Waals surface area contributed by atoms with Gasteiger partial charge in [-0.15, -0.1) is 0 Å². The van der Waals surface area contributed by atoms with Gasteiger partial charge < -0.3 is 19.3 Å². The fourth-order valence-corrected chi connectivity index (χ4v) is 3.91. The predicted molar refractivity (Wildman–Crippen MR) is 92.3 cm³/mol. The highest BCUT2D eigenvalue weighted by Gasteiger charge is 2.31. The van der Waals surface area contributed by atoms with E-state index in [1.165, 1.54) is 0 Å². The summed E-state index contributed by atoms with van der Waals surface area (Å²) in [5.41, 5.74) is 1.90. The second kappa shape index (κ2) is 8.29. The van der Waals surface area contributed by atoms with Gasteiger partial charge in [-0.1, -0.05) is 5.16 Å². The van der Waals surface area contributed by atoms with Gasteiger partial charge in [-0.2, -0.15) is 0 Å². The maximum absolute atomic E-state index is 12.6. The Morgan fingerprint density at radius 3 is 2.60 bits per heavy atom. The fourth-order valence-electron chi connectivity index (χ4n) is 3.91. The van der Waals surface area contributed by atoms with Crippen LogP contribution in [-0.2, 0) is 16.0 Å². The lowest BCUT2D eigenvalue weighted by molar-refractivity contribution is -0.131. The first-order chi connectivity index (χ1) is 12.1. The Morgan fingerprint density at radius 2 is 1.92 bits per heavy atom. The van der Waals surface area contributed by atoms with Crippen LogP contribution in [0.2, 0.25) is 0 Å². The molecule has 0 saturated carbocycles. The van der Waals surface area contributed by atoms with Crippen molar-refractivity contribution in [2.75, 3.05) is 39.4 Å². The van der Waals surface area contributed by atoms with Gasteiger partial charge in [-0.3, -0.25) is 9.69 Å². The van der Waals surface area contributed by atoms with Crippen molar-refractivity contribution in [2.45, 2.75) is 51.7 Å². The minimum absolute atomic E-state index is 0.129. The highest BCUT2D eigenvalue weighted by molar-refractivity contribution is 5.76. The number of rotatable bonds is 4. The summed E-state index contributed by atoms with van der Waals surface area (Å²) in [7, 11) is 0. The molecular formula is C18H29N3O4. The number of carbonyl (C=O) groups excluding carboxylic acids is 1. The molecule has 2 aliphatic rings. The normalized spacial score (nSPS) is 25.8. The molecule has 0 aromatic carbocycles. The second-order valence-electron chi connectivity index (χ2n) is 7.04. The Hall–Kier alpha value is -1.44. The van der Waals surface area contributed by atoms with E-state index in [4.69, 9.17) is 9.26 Å². The van der Waals surface area contributed by atoms with Crippen LogP contribution in [0.3, 0.4) is 0 Å². The van der Waals surface area contributed by atoms with Crippen molar-refractivity contribution in [1.82, 2.24) is 15.0 Å². The van der Waals surface area contributed by atoms with E-state index >= 15 is 0 Å². The van der Waals surface area contributed by atoms with Crippen LogP contribution in [0.1, 0.15) is 36.3 Å². The number of aliphatic hydroxyl groups is 1. The van der Waals surface area contributed by atoms with Gasteiger partial charge in [-0.25, -0.2) is 0 Å². The zero-order valence-corrected chi connectivity index (χ0v) is 15.2. The lowest BCUT2D eigenvalue weighted by Gasteiger charge is -2.36. The SMILES string of the molecule is Cc1noc(C)c1CCC(=O)N1CC[C@H](O)[C@@H](N2CCOCC2)CC1. The first-order valence-corrected chi connectivity index (χ1v) is 9.25. The molecule has 1 amide bonds. The molecule has 140 valence electrons. The van der Waals surface area contributed by atoms with Gasteiger partial charge in [0.25, 0.3) is 0 Å². The Labute approximate surface area is 148 Å². The fraction of sp³-hybridized carbons (Fsp3) is 0.778. The number of nitrogens with zero attached hydrogens (tertiary/aromatic N) is 3. The van der Waals surface area contributed by atoms with Crippen molar-refractivity contribution in [3.8, 4) is 0 Å². The number of likely N-dealkylation sites (tertiary alicyclic amines) is 1. The lowest BCUT2D eigenvalue weighted by Crippen LogP contribution is -2.49. The molecule has 3 heterocycles. The average molecular weight is 351 g/mol. The third-order valence-electron chi connectivity index (χ3n) is 5.47. The van der Waals surface area contributed by atoms with Gasteiger partial charge in [-0.05, 0) is 33.1 Å². The number of aromatic nitrogens is 1. The zero-order chi connectivity index (χ0) is 17.8. The molecule has 3 rings (SSSR count). The smallest absolute Gasteiger partial charge is 0.222 e. The van der Waals surface area contributed by atoms with Crippen LogP contribution in [0.15, 0.2) is 4.52 Å². The summed E-state index contributed by atoms with van der Waals surface area (Å²) in [5.74, 6) is 0.943. The van der Waals surface area contributed by atoms with E-state index < -0.39 is 0 Å². The van der Waals surface area contributed by atoms with Crippen molar-refractivity contribution in [3.05, 3.63) is 17.0 Å². The third-order valence-corrected chi connectivity index (χ3v) is 5.47. The summed E-state index contributed by atoms with van der Waals surface area (Å²) in [5, 5.41) is 14.5. The van der Waals surface area contributed by atoms with Gasteiger partial charge in [0.05, 0.1) is 25.0 Å². The van der Waals surface area contributed by atoms with E-state index in [1.807, 2.05) is 18.7 Å². The molecule has 0 aliphatic carbocycles. The molecule has 0 unspecified atom stereocenters. The molecule has 7 heteroatoms. The van der Waals surface area contributed by atoms with Gasteiger partial charge >= 0.3 is 0 Å². The first kappa shape index (κ1) is 18.4. The summed E-state index contributed by atoms with van der Waals surface area (Å²) in [6, 6.07) is 0.129. The van der Waals surface area contributed by atoms with Crippen molar-refractivity contribution < 1.29 is 19.2 Å². The van der Waals surface area contributed by atoms with E-state index in [0.29, 0.717) is 32.4 Å². The molecule has 0 radical (unpaired) electrons. The number of ether oxygens (including phenoxy) is 1. The topological polar surface area (TPSA) is 79.0 Å². The van der Waals surface area contributed by atoms with E-state index in [2.05, 4.69) is 10.1 Å². The van der Waals surface area contributed by atoms with Gasteiger partial charge in [0, 0.05) is 44.2 Å². The minimum atomic E-state index is -0.376.